The minimum Gasteiger partial charge on any atom is -0.377 e. The maximum Gasteiger partial charge on any atom is 0.0594 e. The fourth-order valence-corrected chi connectivity index (χ4v) is 1.66. The molecule has 0 spiro atoms. The fraction of sp³-hybridized carbons (Fsp3) is 1.00. The van der Waals surface area contributed by atoms with Crippen LogP contribution in [-0.4, -0.2) is 37.8 Å². The molecule has 0 aromatic carbocycles. The molecule has 0 aromatic heterocycles. The molecule has 2 nitrogen and oxygen atoms in total. The Labute approximate surface area is 93.2 Å². The zero-order valence-electron chi connectivity index (χ0n) is 9.84. The molecule has 1 N–H and O–H groups in total. The van der Waals surface area contributed by atoms with Crippen LogP contribution in [0.5, 0.6) is 0 Å². The van der Waals surface area contributed by atoms with Gasteiger partial charge < -0.3 is 10.1 Å². The molecule has 14 heavy (non-hydrogen) atoms. The molecule has 0 aliphatic carbocycles. The molecule has 0 unspecified atom stereocenters. The molecule has 0 amide bonds. The second-order valence-corrected chi connectivity index (χ2v) is 4.71. The van der Waals surface area contributed by atoms with Crippen molar-refractivity contribution in [2.75, 3.05) is 31.7 Å². The lowest BCUT2D eigenvalue weighted by molar-refractivity contribution is 0.0809. The van der Waals surface area contributed by atoms with E-state index in [1.54, 1.807) is 0 Å². The Kier molecular flexibility index (Phi) is 11.6. The molecule has 0 bridgehead atoms. The number of hydrogen-bond acceptors (Lipinski definition) is 3. The lowest BCUT2D eigenvalue weighted by Gasteiger charge is -2.08. The number of ether oxygens (including phenoxy) is 1. The molecule has 3 heteroatoms. The van der Waals surface area contributed by atoms with Crippen molar-refractivity contribution in [1.82, 2.24) is 5.32 Å². The van der Waals surface area contributed by atoms with Gasteiger partial charge in [0.1, 0.15) is 0 Å². The third kappa shape index (κ3) is 12.3. The third-order valence-electron chi connectivity index (χ3n) is 1.93. The molecule has 0 aromatic rings. The van der Waals surface area contributed by atoms with Crippen LogP contribution in [-0.2, 0) is 4.74 Å². The first-order valence-electron chi connectivity index (χ1n) is 5.58. The maximum absolute atomic E-state index is 5.42. The number of hydrogen-bond donors (Lipinski definition) is 1. The second kappa shape index (κ2) is 11.3. The van der Waals surface area contributed by atoms with Crippen LogP contribution in [0.3, 0.4) is 0 Å². The SMILES string of the molecule is CSCCCCCNCCOC(C)C. The second-order valence-electron chi connectivity index (χ2n) is 3.72. The molecule has 0 rings (SSSR count). The maximum atomic E-state index is 5.42. The molecule has 0 saturated heterocycles. The molecule has 0 heterocycles. The van der Waals surface area contributed by atoms with Gasteiger partial charge in [-0.1, -0.05) is 6.42 Å². The number of thioether (sulfide) groups is 1. The zero-order valence-corrected chi connectivity index (χ0v) is 10.7. The summed E-state index contributed by atoms with van der Waals surface area (Å²) >= 11 is 1.94. The van der Waals surface area contributed by atoms with Crippen molar-refractivity contribution < 1.29 is 4.74 Å². The van der Waals surface area contributed by atoms with Gasteiger partial charge in [0.2, 0.25) is 0 Å². The van der Waals surface area contributed by atoms with Gasteiger partial charge >= 0.3 is 0 Å². The van der Waals surface area contributed by atoms with Gasteiger partial charge in [0.15, 0.2) is 0 Å². The molecule has 0 radical (unpaired) electrons. The summed E-state index contributed by atoms with van der Waals surface area (Å²) in [6.07, 6.45) is 6.52. The first-order chi connectivity index (χ1) is 6.77. The van der Waals surface area contributed by atoms with E-state index < -0.39 is 0 Å². The molecule has 0 aliphatic heterocycles. The minimum absolute atomic E-state index is 0.360. The third-order valence-corrected chi connectivity index (χ3v) is 2.63. The average Bonchev–Trinajstić information content (AvgIpc) is 2.15. The Morgan fingerprint density at radius 1 is 1.14 bits per heavy atom. The van der Waals surface area contributed by atoms with Crippen molar-refractivity contribution >= 4 is 11.8 Å². The summed E-state index contributed by atoms with van der Waals surface area (Å²) in [6.45, 7) is 7.10. The van der Waals surface area contributed by atoms with Crippen LogP contribution in [0.15, 0.2) is 0 Å². The van der Waals surface area contributed by atoms with E-state index in [1.165, 1.54) is 25.0 Å². The van der Waals surface area contributed by atoms with Crippen molar-refractivity contribution in [3.63, 3.8) is 0 Å². The van der Waals surface area contributed by atoms with E-state index in [0.717, 1.165) is 19.7 Å². The van der Waals surface area contributed by atoms with Crippen LogP contribution >= 0.6 is 11.8 Å². The van der Waals surface area contributed by atoms with E-state index in [9.17, 15) is 0 Å². The Morgan fingerprint density at radius 2 is 1.93 bits per heavy atom. The van der Waals surface area contributed by atoms with Crippen LogP contribution in [0.1, 0.15) is 33.1 Å². The number of unbranched alkanes of at least 4 members (excludes halogenated alkanes) is 2. The topological polar surface area (TPSA) is 21.3 Å². The van der Waals surface area contributed by atoms with Gasteiger partial charge in [-0.3, -0.25) is 0 Å². The summed E-state index contributed by atoms with van der Waals surface area (Å²) in [5, 5.41) is 3.39. The van der Waals surface area contributed by atoms with E-state index in [4.69, 9.17) is 4.74 Å². The highest BCUT2D eigenvalue weighted by molar-refractivity contribution is 7.98. The molecule has 0 atom stereocenters. The van der Waals surface area contributed by atoms with Crippen molar-refractivity contribution in [2.24, 2.45) is 0 Å². The molecule has 0 fully saturated rings. The number of rotatable bonds is 10. The number of nitrogens with one attached hydrogen (secondary N) is 1. The van der Waals surface area contributed by atoms with E-state index in [-0.39, 0.29) is 0 Å². The van der Waals surface area contributed by atoms with Gasteiger partial charge in [0.05, 0.1) is 12.7 Å². The van der Waals surface area contributed by atoms with Crippen molar-refractivity contribution in [3.8, 4) is 0 Å². The van der Waals surface area contributed by atoms with Gasteiger partial charge in [-0.05, 0) is 45.2 Å². The highest BCUT2D eigenvalue weighted by atomic mass is 32.2. The quantitative estimate of drug-likeness (QED) is 0.571. The summed E-state index contributed by atoms with van der Waals surface area (Å²) in [7, 11) is 0. The van der Waals surface area contributed by atoms with Gasteiger partial charge in [0, 0.05) is 6.54 Å². The summed E-state index contributed by atoms with van der Waals surface area (Å²) in [4.78, 5) is 0. The molecular weight excluding hydrogens is 194 g/mol. The van der Waals surface area contributed by atoms with Crippen LogP contribution in [0.4, 0.5) is 0 Å². The van der Waals surface area contributed by atoms with Gasteiger partial charge in [-0.25, -0.2) is 0 Å². The lowest BCUT2D eigenvalue weighted by atomic mass is 10.2. The average molecular weight is 219 g/mol. The Bertz CT molecular complexity index is 109. The van der Waals surface area contributed by atoms with Gasteiger partial charge in [-0.2, -0.15) is 11.8 Å². The fourth-order valence-electron chi connectivity index (χ4n) is 1.16. The first-order valence-corrected chi connectivity index (χ1v) is 6.98. The van der Waals surface area contributed by atoms with E-state index in [1.807, 2.05) is 11.8 Å². The Hall–Kier alpha value is 0.270. The van der Waals surface area contributed by atoms with Gasteiger partial charge in [-0.15, -0.1) is 0 Å². The van der Waals surface area contributed by atoms with Crippen LogP contribution in [0, 0.1) is 0 Å². The molecule has 86 valence electrons. The minimum atomic E-state index is 0.360. The highest BCUT2D eigenvalue weighted by Crippen LogP contribution is 2.00. The van der Waals surface area contributed by atoms with Crippen LogP contribution in [0.2, 0.25) is 0 Å². The summed E-state index contributed by atoms with van der Waals surface area (Å²) in [6, 6.07) is 0. The standard InChI is InChI=1S/C11H25NOS/c1-11(2)13-9-8-12-7-5-4-6-10-14-3/h11-12H,4-10H2,1-3H3. The monoisotopic (exact) mass is 219 g/mol. The normalized spacial score (nSPS) is 11.1. The Morgan fingerprint density at radius 3 is 2.57 bits per heavy atom. The predicted octanol–water partition coefficient (Wildman–Crippen LogP) is 2.53. The van der Waals surface area contributed by atoms with Gasteiger partial charge in [0.25, 0.3) is 0 Å². The summed E-state index contributed by atoms with van der Waals surface area (Å²) < 4.78 is 5.42. The van der Waals surface area contributed by atoms with E-state index in [0.29, 0.717) is 6.10 Å². The van der Waals surface area contributed by atoms with Crippen LogP contribution < -0.4 is 5.32 Å². The molecule has 0 aliphatic rings. The zero-order chi connectivity index (χ0) is 10.6. The first kappa shape index (κ1) is 14.3. The smallest absolute Gasteiger partial charge is 0.0594 e. The summed E-state index contributed by atoms with van der Waals surface area (Å²) in [5.74, 6) is 1.30. The summed E-state index contributed by atoms with van der Waals surface area (Å²) in [5.41, 5.74) is 0. The largest absolute Gasteiger partial charge is 0.377 e. The Balaban J connectivity index is 2.85. The lowest BCUT2D eigenvalue weighted by Crippen LogP contribution is -2.22. The molecular formula is C11H25NOS. The van der Waals surface area contributed by atoms with E-state index >= 15 is 0 Å². The van der Waals surface area contributed by atoms with Crippen LogP contribution in [0.25, 0.3) is 0 Å². The van der Waals surface area contributed by atoms with Crippen molar-refractivity contribution in [3.05, 3.63) is 0 Å². The van der Waals surface area contributed by atoms with E-state index in [2.05, 4.69) is 25.4 Å². The predicted molar refractivity (Wildman–Crippen MR) is 66.2 cm³/mol. The van der Waals surface area contributed by atoms with Crippen molar-refractivity contribution in [1.29, 1.82) is 0 Å². The molecule has 0 saturated carbocycles. The van der Waals surface area contributed by atoms with Crippen molar-refractivity contribution in [2.45, 2.75) is 39.2 Å². The highest BCUT2D eigenvalue weighted by Gasteiger charge is 1.92.